The average Bonchev–Trinajstić information content (AvgIpc) is 2.77. The van der Waals surface area contributed by atoms with Gasteiger partial charge in [-0.1, -0.05) is 6.92 Å². The molecule has 0 unspecified atom stereocenters. The topological polar surface area (TPSA) is 41.1 Å². The van der Waals surface area contributed by atoms with E-state index in [4.69, 9.17) is 0 Å². The predicted octanol–water partition coefficient (Wildman–Crippen LogP) is 2.24. The van der Waals surface area contributed by atoms with Crippen LogP contribution in [0.3, 0.4) is 0 Å². The largest absolute Gasteiger partial charge is 0.365 e. The zero-order chi connectivity index (χ0) is 13.1. The number of hydrogen-bond acceptors (Lipinski definition) is 4. The van der Waals surface area contributed by atoms with E-state index in [1.807, 2.05) is 13.1 Å². The molecular weight excluding hydrogens is 224 g/mol. The fraction of sp³-hybridized carbons (Fsp3) is 0.714. The van der Waals surface area contributed by atoms with Crippen molar-refractivity contribution >= 4 is 5.82 Å². The fourth-order valence-electron chi connectivity index (χ4n) is 2.78. The van der Waals surface area contributed by atoms with Crippen molar-refractivity contribution in [1.29, 1.82) is 0 Å². The molecule has 2 atom stereocenters. The summed E-state index contributed by atoms with van der Waals surface area (Å²) >= 11 is 0. The molecule has 1 aromatic heterocycles. The molecule has 4 heteroatoms. The van der Waals surface area contributed by atoms with E-state index in [0.717, 1.165) is 18.1 Å². The standard InChI is InChI=1S/C14H24N4/c1-5-11-9-15-10(2)16-14(11)17-12-7-6-8-13(12)18(3)4/h9,12-13H,5-8H2,1-4H3,(H,15,16,17)/t12-,13-/m1/s1. The van der Waals surface area contributed by atoms with Crippen molar-refractivity contribution in [2.24, 2.45) is 0 Å². The van der Waals surface area contributed by atoms with E-state index in [0.29, 0.717) is 12.1 Å². The van der Waals surface area contributed by atoms with Crippen molar-refractivity contribution in [1.82, 2.24) is 14.9 Å². The summed E-state index contributed by atoms with van der Waals surface area (Å²) in [5, 5.41) is 3.64. The Morgan fingerprint density at radius 3 is 2.83 bits per heavy atom. The SMILES string of the molecule is CCc1cnc(C)nc1N[C@@H]1CCC[C@H]1N(C)C. The second-order valence-electron chi connectivity index (χ2n) is 5.36. The summed E-state index contributed by atoms with van der Waals surface area (Å²) in [5.41, 5.74) is 1.21. The van der Waals surface area contributed by atoms with E-state index >= 15 is 0 Å². The molecule has 1 N–H and O–H groups in total. The molecule has 1 saturated carbocycles. The molecule has 4 nitrogen and oxygen atoms in total. The van der Waals surface area contributed by atoms with Gasteiger partial charge in [0.05, 0.1) is 0 Å². The molecule has 1 aliphatic carbocycles. The van der Waals surface area contributed by atoms with E-state index < -0.39 is 0 Å². The lowest BCUT2D eigenvalue weighted by atomic mass is 10.1. The van der Waals surface area contributed by atoms with Crippen LogP contribution in [0, 0.1) is 6.92 Å². The van der Waals surface area contributed by atoms with Gasteiger partial charge in [-0.05, 0) is 46.7 Å². The van der Waals surface area contributed by atoms with Crippen LogP contribution in [-0.2, 0) is 6.42 Å². The number of aryl methyl sites for hydroxylation is 2. The first-order chi connectivity index (χ1) is 8.61. The van der Waals surface area contributed by atoms with Gasteiger partial charge in [-0.2, -0.15) is 0 Å². The quantitative estimate of drug-likeness (QED) is 0.887. The summed E-state index contributed by atoms with van der Waals surface area (Å²) in [6.07, 6.45) is 6.73. The van der Waals surface area contributed by atoms with Crippen molar-refractivity contribution in [2.45, 2.75) is 51.6 Å². The third-order valence-electron chi connectivity index (χ3n) is 3.83. The van der Waals surface area contributed by atoms with Crippen LogP contribution in [0.15, 0.2) is 6.20 Å². The minimum absolute atomic E-state index is 0.514. The van der Waals surface area contributed by atoms with Crippen LogP contribution in [0.1, 0.15) is 37.6 Å². The lowest BCUT2D eigenvalue weighted by molar-refractivity contribution is 0.284. The maximum Gasteiger partial charge on any atom is 0.133 e. The molecule has 0 amide bonds. The Kier molecular flexibility index (Phi) is 4.17. The first kappa shape index (κ1) is 13.3. The molecule has 0 saturated heterocycles. The lowest BCUT2D eigenvalue weighted by Gasteiger charge is -2.28. The van der Waals surface area contributed by atoms with E-state index in [9.17, 15) is 0 Å². The molecule has 1 fully saturated rings. The van der Waals surface area contributed by atoms with Crippen LogP contribution in [0.5, 0.6) is 0 Å². The van der Waals surface area contributed by atoms with Gasteiger partial charge < -0.3 is 10.2 Å². The first-order valence-corrected chi connectivity index (χ1v) is 6.87. The molecule has 100 valence electrons. The number of nitrogens with zero attached hydrogens (tertiary/aromatic N) is 3. The van der Waals surface area contributed by atoms with E-state index in [2.05, 4.69) is 41.2 Å². The molecule has 0 bridgehead atoms. The summed E-state index contributed by atoms with van der Waals surface area (Å²) in [6, 6.07) is 1.13. The van der Waals surface area contributed by atoms with Crippen LogP contribution in [-0.4, -0.2) is 41.0 Å². The van der Waals surface area contributed by atoms with Gasteiger partial charge in [-0.3, -0.25) is 0 Å². The van der Waals surface area contributed by atoms with Gasteiger partial charge in [0.1, 0.15) is 11.6 Å². The summed E-state index contributed by atoms with van der Waals surface area (Å²) < 4.78 is 0. The number of hydrogen-bond donors (Lipinski definition) is 1. The monoisotopic (exact) mass is 248 g/mol. The zero-order valence-corrected chi connectivity index (χ0v) is 11.9. The normalized spacial score (nSPS) is 23.6. The highest BCUT2D eigenvalue weighted by Crippen LogP contribution is 2.26. The highest BCUT2D eigenvalue weighted by molar-refractivity contribution is 5.44. The molecule has 2 rings (SSSR count). The molecule has 0 radical (unpaired) electrons. The second kappa shape index (κ2) is 5.65. The maximum atomic E-state index is 4.56. The van der Waals surface area contributed by atoms with Crippen LogP contribution in [0.4, 0.5) is 5.82 Å². The van der Waals surface area contributed by atoms with Gasteiger partial charge in [-0.25, -0.2) is 9.97 Å². The van der Waals surface area contributed by atoms with Gasteiger partial charge in [-0.15, -0.1) is 0 Å². The third-order valence-corrected chi connectivity index (χ3v) is 3.83. The number of anilines is 1. The van der Waals surface area contributed by atoms with Gasteiger partial charge >= 0.3 is 0 Å². The van der Waals surface area contributed by atoms with Crippen molar-refractivity contribution in [2.75, 3.05) is 19.4 Å². The number of likely N-dealkylation sites (N-methyl/N-ethyl adjacent to an activating group) is 1. The molecule has 18 heavy (non-hydrogen) atoms. The zero-order valence-electron chi connectivity index (χ0n) is 11.9. The molecule has 0 aliphatic heterocycles. The predicted molar refractivity (Wildman–Crippen MR) is 74.9 cm³/mol. The lowest BCUT2D eigenvalue weighted by Crippen LogP contribution is -2.39. The maximum absolute atomic E-state index is 4.56. The first-order valence-electron chi connectivity index (χ1n) is 6.87. The number of rotatable bonds is 4. The Morgan fingerprint density at radius 1 is 1.39 bits per heavy atom. The molecule has 0 spiro atoms. The Hall–Kier alpha value is -1.16. The van der Waals surface area contributed by atoms with Gasteiger partial charge in [0, 0.05) is 23.8 Å². The Bertz CT molecular complexity index is 403. The molecule has 1 aliphatic rings. The Labute approximate surface area is 110 Å². The van der Waals surface area contributed by atoms with Gasteiger partial charge in [0.2, 0.25) is 0 Å². The fourth-order valence-corrected chi connectivity index (χ4v) is 2.78. The molecule has 0 aromatic carbocycles. The minimum atomic E-state index is 0.514. The van der Waals surface area contributed by atoms with Gasteiger partial charge in [0.25, 0.3) is 0 Å². The molecular formula is C14H24N4. The average molecular weight is 248 g/mol. The minimum Gasteiger partial charge on any atom is -0.365 e. The highest BCUT2D eigenvalue weighted by Gasteiger charge is 2.29. The third kappa shape index (κ3) is 2.80. The van der Waals surface area contributed by atoms with E-state index in [1.165, 1.54) is 24.8 Å². The van der Waals surface area contributed by atoms with Crippen LogP contribution >= 0.6 is 0 Å². The van der Waals surface area contributed by atoms with Crippen LogP contribution in [0.25, 0.3) is 0 Å². The van der Waals surface area contributed by atoms with Gasteiger partial charge in [0.15, 0.2) is 0 Å². The summed E-state index contributed by atoms with van der Waals surface area (Å²) in [6.45, 7) is 4.10. The second-order valence-corrected chi connectivity index (χ2v) is 5.36. The summed E-state index contributed by atoms with van der Waals surface area (Å²) in [7, 11) is 4.33. The Balaban J connectivity index is 2.15. The van der Waals surface area contributed by atoms with Crippen LogP contribution in [0.2, 0.25) is 0 Å². The van der Waals surface area contributed by atoms with Crippen molar-refractivity contribution in [3.05, 3.63) is 17.6 Å². The molecule has 1 aromatic rings. The summed E-state index contributed by atoms with van der Waals surface area (Å²) in [4.78, 5) is 11.2. The Morgan fingerprint density at radius 2 is 2.17 bits per heavy atom. The smallest absolute Gasteiger partial charge is 0.133 e. The van der Waals surface area contributed by atoms with Crippen molar-refractivity contribution in [3.8, 4) is 0 Å². The van der Waals surface area contributed by atoms with Crippen molar-refractivity contribution in [3.63, 3.8) is 0 Å². The van der Waals surface area contributed by atoms with E-state index in [1.54, 1.807) is 0 Å². The number of aromatic nitrogens is 2. The summed E-state index contributed by atoms with van der Waals surface area (Å²) in [5.74, 6) is 1.87. The van der Waals surface area contributed by atoms with Crippen molar-refractivity contribution < 1.29 is 0 Å². The van der Waals surface area contributed by atoms with E-state index in [-0.39, 0.29) is 0 Å². The number of nitrogens with one attached hydrogen (secondary N) is 1. The highest BCUT2D eigenvalue weighted by atomic mass is 15.2. The van der Waals surface area contributed by atoms with Crippen LogP contribution < -0.4 is 5.32 Å². The molecule has 1 heterocycles.